The zero-order valence-corrected chi connectivity index (χ0v) is 27.9. The Morgan fingerprint density at radius 2 is 1.55 bits per heavy atom. The molecule has 6 aromatic rings. The number of fused-ring (bicyclic) bond motifs is 3. The van der Waals surface area contributed by atoms with Crippen molar-refractivity contribution in [2.45, 2.75) is 57.7 Å². The van der Waals surface area contributed by atoms with Crippen LogP contribution in [-0.4, -0.2) is 18.0 Å². The van der Waals surface area contributed by atoms with Gasteiger partial charge in [0.1, 0.15) is 5.58 Å². The molecule has 0 aliphatic heterocycles. The van der Waals surface area contributed by atoms with E-state index in [0.29, 0.717) is 5.92 Å². The van der Waals surface area contributed by atoms with E-state index in [-0.39, 0.29) is 20.1 Å². The molecule has 7 rings (SSSR count). The van der Waals surface area contributed by atoms with E-state index >= 15 is 0 Å². The predicted octanol–water partition coefficient (Wildman–Crippen LogP) is 9.59. The van der Waals surface area contributed by atoms with Crippen molar-refractivity contribution in [2.75, 3.05) is 0 Å². The Balaban J connectivity index is 0.000000228. The molecule has 42 heavy (non-hydrogen) atoms. The van der Waals surface area contributed by atoms with Crippen molar-refractivity contribution in [3.05, 3.63) is 115 Å². The number of para-hydroxylation sites is 1. The van der Waals surface area contributed by atoms with Crippen LogP contribution in [-0.2, 0) is 20.1 Å². The third-order valence-electron chi connectivity index (χ3n) is 8.03. The van der Waals surface area contributed by atoms with E-state index in [1.807, 2.05) is 54.7 Å². The number of hydrogen-bond acceptors (Lipinski definition) is 3. The maximum absolute atomic E-state index is 6.41. The third kappa shape index (κ3) is 6.49. The number of rotatable bonds is 4. The van der Waals surface area contributed by atoms with Gasteiger partial charge in [0.2, 0.25) is 0 Å². The largest absolute Gasteiger partial charge is 0.501 e. The normalized spacial score (nSPS) is 13.8. The summed E-state index contributed by atoms with van der Waals surface area (Å²) >= 11 is 0. The summed E-state index contributed by atoms with van der Waals surface area (Å²) in [7, 11) is -1.55. The van der Waals surface area contributed by atoms with Crippen LogP contribution in [0.4, 0.5) is 0 Å². The number of benzene rings is 3. The van der Waals surface area contributed by atoms with Gasteiger partial charge in [0.05, 0.1) is 5.58 Å². The van der Waals surface area contributed by atoms with Gasteiger partial charge < -0.3 is 14.4 Å². The summed E-state index contributed by atoms with van der Waals surface area (Å²) < 4.78 is 6.41. The first-order chi connectivity index (χ1) is 20.0. The summed E-state index contributed by atoms with van der Waals surface area (Å²) in [6, 6.07) is 35.5. The van der Waals surface area contributed by atoms with E-state index in [4.69, 9.17) is 9.40 Å². The number of pyridine rings is 2. The summed E-state index contributed by atoms with van der Waals surface area (Å²) in [5.74, 6) is 0.665. The Kier molecular flexibility index (Phi) is 9.52. The topological polar surface area (TPSA) is 38.9 Å². The summed E-state index contributed by atoms with van der Waals surface area (Å²) in [6.45, 7) is 7.16. The maximum atomic E-state index is 6.41. The van der Waals surface area contributed by atoms with Crippen molar-refractivity contribution in [3.8, 4) is 22.5 Å². The fourth-order valence-electron chi connectivity index (χ4n) is 5.90. The number of aromatic nitrogens is 2. The average Bonchev–Trinajstić information content (AvgIpc) is 3.41. The van der Waals surface area contributed by atoms with Gasteiger partial charge in [-0.3, -0.25) is 0 Å². The van der Waals surface area contributed by atoms with Crippen molar-refractivity contribution in [2.24, 2.45) is 0 Å². The van der Waals surface area contributed by atoms with E-state index in [2.05, 4.69) is 73.2 Å². The molecule has 3 aromatic heterocycles. The van der Waals surface area contributed by atoms with Crippen LogP contribution in [0.5, 0.6) is 0 Å². The smallest absolute Gasteiger partial charge is 0.120 e. The minimum atomic E-state index is -1.55. The van der Waals surface area contributed by atoms with E-state index < -0.39 is 8.07 Å². The molecule has 3 nitrogen and oxygen atoms in total. The van der Waals surface area contributed by atoms with Crippen LogP contribution in [0.3, 0.4) is 0 Å². The zero-order chi connectivity index (χ0) is 28.2. The Morgan fingerprint density at radius 1 is 0.786 bits per heavy atom. The SMILES string of the molecule is C[Si](C)(C)c1c[c-]c(-c2cc(C3CCCCC3)ccn2)c2oc3ccccc3c12.[Ir].[c-]1ccccc1-c1ccccn1. The molecule has 0 N–H and O–H groups in total. The Labute approximate surface area is 263 Å². The molecule has 1 radical (unpaired) electrons. The van der Waals surface area contributed by atoms with Crippen molar-refractivity contribution in [1.29, 1.82) is 0 Å². The predicted molar refractivity (Wildman–Crippen MR) is 173 cm³/mol. The van der Waals surface area contributed by atoms with Crippen LogP contribution >= 0.6 is 0 Å². The molecule has 0 atom stereocenters. The molecule has 1 aliphatic carbocycles. The quantitative estimate of drug-likeness (QED) is 0.133. The molecule has 0 bridgehead atoms. The summed E-state index contributed by atoms with van der Waals surface area (Å²) in [6.07, 6.45) is 10.4. The maximum Gasteiger partial charge on any atom is 0.120 e. The molecule has 3 heterocycles. The van der Waals surface area contributed by atoms with Crippen LogP contribution in [0.2, 0.25) is 19.6 Å². The first kappa shape index (κ1) is 30.1. The molecule has 1 saturated carbocycles. The van der Waals surface area contributed by atoms with Crippen LogP contribution in [0.15, 0.2) is 102 Å². The van der Waals surface area contributed by atoms with Crippen LogP contribution in [0, 0.1) is 12.1 Å². The first-order valence-corrected chi connectivity index (χ1v) is 18.2. The molecule has 1 aliphatic rings. The monoisotopic (exact) mass is 745 g/mol. The third-order valence-corrected chi connectivity index (χ3v) is 10.0. The van der Waals surface area contributed by atoms with Gasteiger partial charge in [-0.05, 0) is 48.3 Å². The standard InChI is InChI=1S/C26H28NOSi.C11H8N.Ir/c1-29(2,3)24-14-13-20(26-25(24)21-11-7-8-12-23(21)28-26)22-17-19(15-16-27-22)18-9-5-4-6-10-18;1-2-6-10(7-3-1)11-8-4-5-9-12-11;/h7-8,11-12,14-18H,4-6,9-10H2,1-3H3;1-6,8-9H;/q2*-1;. The van der Waals surface area contributed by atoms with Gasteiger partial charge in [0.25, 0.3) is 0 Å². The molecule has 0 unspecified atom stereocenters. The Hall–Kier alpha value is -3.37. The van der Waals surface area contributed by atoms with Crippen molar-refractivity contribution < 1.29 is 24.5 Å². The van der Waals surface area contributed by atoms with Crippen molar-refractivity contribution in [3.63, 3.8) is 0 Å². The summed E-state index contributed by atoms with van der Waals surface area (Å²) in [4.78, 5) is 8.95. The number of hydrogen-bond donors (Lipinski definition) is 0. The molecular formula is C37H36IrN2OSi-2. The molecule has 3 aromatic carbocycles. The van der Waals surface area contributed by atoms with Gasteiger partial charge in [-0.25, -0.2) is 0 Å². The van der Waals surface area contributed by atoms with E-state index in [9.17, 15) is 0 Å². The van der Waals surface area contributed by atoms with Gasteiger partial charge in [-0.1, -0.05) is 91.8 Å². The van der Waals surface area contributed by atoms with Gasteiger partial charge >= 0.3 is 0 Å². The molecule has 5 heteroatoms. The molecular weight excluding hydrogens is 709 g/mol. The minimum Gasteiger partial charge on any atom is -0.501 e. The average molecular weight is 745 g/mol. The van der Waals surface area contributed by atoms with Crippen molar-refractivity contribution >= 4 is 35.2 Å². The van der Waals surface area contributed by atoms with Gasteiger partial charge in [-0.2, -0.15) is 0 Å². The Morgan fingerprint density at radius 3 is 2.29 bits per heavy atom. The molecule has 1 fully saturated rings. The second-order valence-corrected chi connectivity index (χ2v) is 17.0. The molecule has 0 spiro atoms. The van der Waals surface area contributed by atoms with Gasteiger partial charge in [0, 0.05) is 46.0 Å². The fourth-order valence-corrected chi connectivity index (χ4v) is 7.40. The second kappa shape index (κ2) is 13.3. The van der Waals surface area contributed by atoms with E-state index in [1.165, 1.54) is 53.6 Å². The molecule has 215 valence electrons. The minimum absolute atomic E-state index is 0. The van der Waals surface area contributed by atoms with Gasteiger partial charge in [-0.15, -0.1) is 53.2 Å². The molecule has 0 amide bonds. The first-order valence-electron chi connectivity index (χ1n) is 14.7. The van der Waals surface area contributed by atoms with Crippen LogP contribution < -0.4 is 5.19 Å². The van der Waals surface area contributed by atoms with Crippen LogP contribution in [0.25, 0.3) is 44.5 Å². The number of furan rings is 1. The van der Waals surface area contributed by atoms with E-state index in [0.717, 1.165) is 33.7 Å². The zero-order valence-electron chi connectivity index (χ0n) is 24.5. The number of nitrogens with zero attached hydrogens (tertiary/aromatic N) is 2. The molecule has 0 saturated heterocycles. The second-order valence-electron chi connectivity index (χ2n) is 11.9. The Bertz CT molecular complexity index is 1720. The van der Waals surface area contributed by atoms with Crippen LogP contribution in [0.1, 0.15) is 43.6 Å². The summed E-state index contributed by atoms with van der Waals surface area (Å²) in [5, 5.41) is 3.88. The fraction of sp³-hybridized carbons (Fsp3) is 0.243. The summed E-state index contributed by atoms with van der Waals surface area (Å²) in [5.41, 5.74) is 7.30. The van der Waals surface area contributed by atoms with Crippen molar-refractivity contribution in [1.82, 2.24) is 9.97 Å². The van der Waals surface area contributed by atoms with E-state index in [1.54, 1.807) is 6.20 Å². The van der Waals surface area contributed by atoms with Gasteiger partial charge in [0.15, 0.2) is 0 Å².